The maximum absolute atomic E-state index is 13.0. The minimum absolute atomic E-state index is 0.341. The minimum Gasteiger partial charge on any atom is -0.479 e. The monoisotopic (exact) mass is 471 g/mol. The fourth-order valence-electron chi connectivity index (χ4n) is 3.32. The lowest BCUT2D eigenvalue weighted by Gasteiger charge is -2.29. The first-order valence-electron chi connectivity index (χ1n) is 9.95. The van der Waals surface area contributed by atoms with Crippen LogP contribution in [-0.2, 0) is 31.2 Å². The third-order valence-corrected chi connectivity index (χ3v) is 5.17. The van der Waals surface area contributed by atoms with Gasteiger partial charge < -0.3 is 24.8 Å². The zero-order chi connectivity index (χ0) is 24.8. The van der Waals surface area contributed by atoms with Gasteiger partial charge in [0.2, 0.25) is 5.91 Å². The average molecular weight is 471 g/mol. The van der Waals surface area contributed by atoms with Crippen LogP contribution < -0.4 is 5.32 Å². The SMILES string of the molecule is CCn1ccnc1[C@@H]1OCC[C@H]1C(=O)NC(C)(C(=O)O)c1ccccc1.O=C(O)C(F)(F)F. The highest BCUT2D eigenvalue weighted by atomic mass is 19.4. The lowest BCUT2D eigenvalue weighted by atomic mass is 9.90. The molecule has 0 radical (unpaired) electrons. The number of halogens is 3. The number of amides is 1. The van der Waals surface area contributed by atoms with Crippen molar-refractivity contribution < 1.29 is 42.5 Å². The lowest BCUT2D eigenvalue weighted by molar-refractivity contribution is -0.192. The van der Waals surface area contributed by atoms with Crippen LogP contribution in [0.1, 0.15) is 37.8 Å². The Morgan fingerprint density at radius 2 is 1.79 bits per heavy atom. The van der Waals surface area contributed by atoms with E-state index in [1.54, 1.807) is 36.5 Å². The van der Waals surface area contributed by atoms with E-state index in [-0.39, 0.29) is 5.91 Å². The topological polar surface area (TPSA) is 131 Å². The molecule has 0 saturated carbocycles. The number of hydrogen-bond donors (Lipinski definition) is 3. The number of aryl methyl sites for hydroxylation is 1. The van der Waals surface area contributed by atoms with Crippen molar-refractivity contribution in [2.45, 2.75) is 44.6 Å². The van der Waals surface area contributed by atoms with Crippen LogP contribution >= 0.6 is 0 Å². The van der Waals surface area contributed by atoms with Gasteiger partial charge in [-0.15, -0.1) is 0 Å². The number of aromatic nitrogens is 2. The highest BCUT2D eigenvalue weighted by Gasteiger charge is 2.43. The first kappa shape index (κ1) is 25.8. The molecule has 9 nitrogen and oxygen atoms in total. The molecule has 3 N–H and O–H groups in total. The molecule has 1 saturated heterocycles. The van der Waals surface area contributed by atoms with E-state index < -0.39 is 35.7 Å². The third kappa shape index (κ3) is 6.09. The van der Waals surface area contributed by atoms with Gasteiger partial charge in [0.15, 0.2) is 5.54 Å². The van der Waals surface area contributed by atoms with Crippen molar-refractivity contribution in [3.05, 3.63) is 54.1 Å². The number of aliphatic carboxylic acids is 2. The summed E-state index contributed by atoms with van der Waals surface area (Å²) in [6.45, 7) is 4.65. The molecular formula is C21H24F3N3O6. The number of ether oxygens (including phenoxy) is 1. The molecule has 3 rings (SSSR count). The second kappa shape index (κ2) is 10.5. The summed E-state index contributed by atoms with van der Waals surface area (Å²) in [5, 5.41) is 19.6. The zero-order valence-corrected chi connectivity index (χ0v) is 17.9. The van der Waals surface area contributed by atoms with Gasteiger partial charge in [0.25, 0.3) is 0 Å². The number of nitrogens with zero attached hydrogens (tertiary/aromatic N) is 2. The molecule has 180 valence electrons. The number of carbonyl (C=O) groups excluding carboxylic acids is 1. The van der Waals surface area contributed by atoms with Crippen molar-refractivity contribution in [3.63, 3.8) is 0 Å². The summed E-state index contributed by atoms with van der Waals surface area (Å²) in [4.78, 5) is 38.1. The molecule has 1 aliphatic rings. The number of benzene rings is 1. The van der Waals surface area contributed by atoms with Gasteiger partial charge in [0.1, 0.15) is 11.9 Å². The van der Waals surface area contributed by atoms with Crippen LogP contribution in [0.15, 0.2) is 42.7 Å². The van der Waals surface area contributed by atoms with E-state index >= 15 is 0 Å². The molecule has 0 spiro atoms. The van der Waals surface area contributed by atoms with Crippen molar-refractivity contribution >= 4 is 17.8 Å². The maximum atomic E-state index is 13.0. The van der Waals surface area contributed by atoms with Gasteiger partial charge in [0.05, 0.1) is 5.92 Å². The van der Waals surface area contributed by atoms with Crippen molar-refractivity contribution in [1.29, 1.82) is 0 Å². The van der Waals surface area contributed by atoms with Gasteiger partial charge in [0, 0.05) is 25.5 Å². The number of nitrogens with one attached hydrogen (secondary N) is 1. The fraction of sp³-hybridized carbons (Fsp3) is 0.429. The van der Waals surface area contributed by atoms with Gasteiger partial charge in [-0.25, -0.2) is 14.6 Å². The summed E-state index contributed by atoms with van der Waals surface area (Å²) in [5.41, 5.74) is -0.988. The number of hydrogen-bond acceptors (Lipinski definition) is 5. The van der Waals surface area contributed by atoms with E-state index in [2.05, 4.69) is 10.3 Å². The normalized spacial score (nSPS) is 19.7. The first-order valence-corrected chi connectivity index (χ1v) is 9.95. The van der Waals surface area contributed by atoms with Crippen LogP contribution in [0, 0.1) is 5.92 Å². The predicted octanol–water partition coefficient (Wildman–Crippen LogP) is 2.73. The van der Waals surface area contributed by atoms with Crippen LogP contribution in [0.4, 0.5) is 13.2 Å². The molecule has 12 heteroatoms. The molecule has 1 aromatic carbocycles. The second-order valence-electron chi connectivity index (χ2n) is 7.35. The Labute approximate surface area is 187 Å². The molecule has 2 aromatic rings. The number of rotatable bonds is 6. The molecule has 1 fully saturated rings. The predicted molar refractivity (Wildman–Crippen MR) is 108 cm³/mol. The third-order valence-electron chi connectivity index (χ3n) is 5.17. The van der Waals surface area contributed by atoms with Crippen molar-refractivity contribution in [2.75, 3.05) is 6.61 Å². The number of alkyl halides is 3. The molecule has 1 aromatic heterocycles. The van der Waals surface area contributed by atoms with Crippen LogP contribution in [0.25, 0.3) is 0 Å². The van der Waals surface area contributed by atoms with Gasteiger partial charge in [-0.05, 0) is 25.8 Å². The number of imidazole rings is 1. The number of carboxylic acids is 2. The summed E-state index contributed by atoms with van der Waals surface area (Å²) in [7, 11) is 0. The van der Waals surface area contributed by atoms with Crippen LogP contribution in [0.3, 0.4) is 0 Å². The van der Waals surface area contributed by atoms with Crippen LogP contribution in [0.5, 0.6) is 0 Å². The Balaban J connectivity index is 0.000000479. The quantitative estimate of drug-likeness (QED) is 0.590. The molecule has 1 amide bonds. The molecular weight excluding hydrogens is 447 g/mol. The summed E-state index contributed by atoms with van der Waals surface area (Å²) < 4.78 is 39.4. The summed E-state index contributed by atoms with van der Waals surface area (Å²) in [5.74, 6) is -3.99. The van der Waals surface area contributed by atoms with Crippen LogP contribution in [0.2, 0.25) is 0 Å². The van der Waals surface area contributed by atoms with E-state index in [0.717, 1.165) is 6.54 Å². The van der Waals surface area contributed by atoms with Gasteiger partial charge in [-0.3, -0.25) is 4.79 Å². The molecule has 0 bridgehead atoms. The standard InChI is InChI=1S/C19H23N3O4.C2HF3O2/c1-3-22-11-10-20-16(22)15-14(9-12-26-15)17(23)21-19(2,18(24)25)13-7-5-4-6-8-13;3-2(4,5)1(6)7/h4-8,10-11,14-15H,3,9,12H2,1-2H3,(H,21,23)(H,24,25);(H,6,7)/t14-,15-,19?;/m1./s1. The minimum atomic E-state index is -5.08. The molecule has 0 aliphatic carbocycles. The van der Waals surface area contributed by atoms with Gasteiger partial charge in [-0.1, -0.05) is 30.3 Å². The summed E-state index contributed by atoms with van der Waals surface area (Å²) in [6, 6.07) is 8.70. The van der Waals surface area contributed by atoms with E-state index in [1.165, 1.54) is 6.92 Å². The Kier molecular flexibility index (Phi) is 8.20. The van der Waals surface area contributed by atoms with E-state index in [1.807, 2.05) is 17.7 Å². The largest absolute Gasteiger partial charge is 0.490 e. The summed E-state index contributed by atoms with van der Waals surface area (Å²) >= 11 is 0. The average Bonchev–Trinajstić information content (AvgIpc) is 3.42. The number of carbonyl (C=O) groups is 3. The van der Waals surface area contributed by atoms with E-state index in [4.69, 9.17) is 14.6 Å². The highest BCUT2D eigenvalue weighted by molar-refractivity contribution is 5.89. The molecule has 1 unspecified atom stereocenters. The molecule has 1 aliphatic heterocycles. The van der Waals surface area contributed by atoms with Gasteiger partial charge >= 0.3 is 18.1 Å². The van der Waals surface area contributed by atoms with Crippen molar-refractivity contribution in [2.24, 2.45) is 5.92 Å². The Bertz CT molecular complexity index is 979. The Morgan fingerprint density at radius 1 is 1.18 bits per heavy atom. The van der Waals surface area contributed by atoms with Crippen LogP contribution in [-0.4, -0.2) is 50.4 Å². The highest BCUT2D eigenvalue weighted by Crippen LogP contribution is 2.35. The molecule has 2 heterocycles. The lowest BCUT2D eigenvalue weighted by Crippen LogP contribution is -2.51. The van der Waals surface area contributed by atoms with Crippen molar-refractivity contribution in [1.82, 2.24) is 14.9 Å². The van der Waals surface area contributed by atoms with Crippen molar-refractivity contribution in [3.8, 4) is 0 Å². The number of carboxylic acid groups (broad SMARTS) is 2. The maximum Gasteiger partial charge on any atom is 0.490 e. The van der Waals surface area contributed by atoms with E-state index in [9.17, 15) is 27.9 Å². The first-order chi connectivity index (χ1) is 15.4. The van der Waals surface area contributed by atoms with E-state index in [0.29, 0.717) is 24.4 Å². The van der Waals surface area contributed by atoms with Gasteiger partial charge in [-0.2, -0.15) is 13.2 Å². The molecule has 3 atom stereocenters. The zero-order valence-electron chi connectivity index (χ0n) is 17.9. The molecule has 33 heavy (non-hydrogen) atoms. The fourth-order valence-corrected chi connectivity index (χ4v) is 3.32. The Hall–Kier alpha value is -3.41. The summed E-state index contributed by atoms with van der Waals surface area (Å²) in [6.07, 6.45) is -1.51. The second-order valence-corrected chi connectivity index (χ2v) is 7.35. The Morgan fingerprint density at radius 3 is 2.30 bits per heavy atom. The smallest absolute Gasteiger partial charge is 0.479 e.